The molecular weight excluding hydrogens is 503 g/mol. The molecule has 0 spiro atoms. The van der Waals surface area contributed by atoms with Gasteiger partial charge in [0.1, 0.15) is 29.6 Å². The van der Waals surface area contributed by atoms with Crippen molar-refractivity contribution in [3.05, 3.63) is 121 Å². The molecule has 40 heavy (non-hydrogen) atoms. The summed E-state index contributed by atoms with van der Waals surface area (Å²) in [5.74, 6) is 0.0932. The number of nitrogens with zero attached hydrogens (tertiary/aromatic N) is 2. The molecule has 3 N–H and O–H groups in total. The van der Waals surface area contributed by atoms with Crippen molar-refractivity contribution in [2.24, 2.45) is 0 Å². The lowest BCUT2D eigenvalue weighted by Gasteiger charge is -2.08. The van der Waals surface area contributed by atoms with Gasteiger partial charge in [-0.1, -0.05) is 48.5 Å². The molecule has 194 valence electrons. The Morgan fingerprint density at radius 3 is 2.52 bits per heavy atom. The zero-order chi connectivity index (χ0) is 27.1. The smallest absolute Gasteiger partial charge is 0.138 e. The van der Waals surface area contributed by atoms with Crippen molar-refractivity contribution in [3.8, 4) is 45.1 Å². The Morgan fingerprint density at radius 2 is 1.65 bits per heavy atom. The van der Waals surface area contributed by atoms with Gasteiger partial charge in [-0.15, -0.1) is 0 Å². The predicted molar refractivity (Wildman–Crippen MR) is 154 cm³/mol. The van der Waals surface area contributed by atoms with E-state index in [1.165, 1.54) is 6.07 Å². The summed E-state index contributed by atoms with van der Waals surface area (Å²) in [6.07, 6.45) is 3.54. The Morgan fingerprint density at radius 1 is 0.750 bits per heavy atom. The van der Waals surface area contributed by atoms with E-state index < -0.39 is 5.82 Å². The molecule has 4 aromatic carbocycles. The Balaban J connectivity index is 1.25. The number of hydrogen-bond donors (Lipinski definition) is 3. The zero-order valence-electron chi connectivity index (χ0n) is 21.2. The van der Waals surface area contributed by atoms with E-state index in [1.54, 1.807) is 12.3 Å². The van der Waals surface area contributed by atoms with E-state index in [1.807, 2.05) is 79.0 Å². The number of halogens is 1. The maximum absolute atomic E-state index is 14.0. The Kier molecular flexibility index (Phi) is 5.74. The van der Waals surface area contributed by atoms with E-state index in [0.29, 0.717) is 17.9 Å². The minimum Gasteiger partial charge on any atom is -0.508 e. The van der Waals surface area contributed by atoms with Crippen molar-refractivity contribution in [1.82, 2.24) is 20.2 Å². The lowest BCUT2D eigenvalue weighted by atomic mass is 10.0. The maximum Gasteiger partial charge on any atom is 0.138 e. The second-order valence-corrected chi connectivity index (χ2v) is 9.66. The number of hydrogen-bond acceptors (Lipinski definition) is 4. The van der Waals surface area contributed by atoms with Gasteiger partial charge in [-0.25, -0.2) is 4.39 Å². The van der Waals surface area contributed by atoms with E-state index in [2.05, 4.69) is 26.2 Å². The summed E-state index contributed by atoms with van der Waals surface area (Å²) >= 11 is 0. The molecule has 3 aromatic heterocycles. The van der Waals surface area contributed by atoms with Crippen LogP contribution in [-0.2, 0) is 6.61 Å². The van der Waals surface area contributed by atoms with Gasteiger partial charge >= 0.3 is 0 Å². The van der Waals surface area contributed by atoms with Crippen LogP contribution in [0.1, 0.15) is 5.56 Å². The Labute approximate surface area is 228 Å². The van der Waals surface area contributed by atoms with Gasteiger partial charge in [0, 0.05) is 34.1 Å². The number of benzene rings is 4. The second kappa shape index (κ2) is 9.71. The first-order chi connectivity index (χ1) is 19.6. The number of H-pyrrole nitrogens is 2. The van der Waals surface area contributed by atoms with E-state index in [-0.39, 0.29) is 5.75 Å². The molecule has 0 atom stereocenters. The standard InChI is InChI=1S/C33H23FN4O2/c34-24-11-22(12-25(39)15-24)27-7-4-8-30-28(27)16-32(36-30)33-29-14-21(9-10-31(29)37-38-33)23-13-26(18-35-17-23)40-19-20-5-2-1-3-6-20/h1-18,36,39H,19H2,(H,37,38). The summed E-state index contributed by atoms with van der Waals surface area (Å²) < 4.78 is 20.0. The summed E-state index contributed by atoms with van der Waals surface area (Å²) in [7, 11) is 0. The molecule has 7 heteroatoms. The molecule has 0 saturated carbocycles. The van der Waals surface area contributed by atoms with Crippen molar-refractivity contribution in [3.63, 3.8) is 0 Å². The molecule has 0 aliphatic heterocycles. The lowest BCUT2D eigenvalue weighted by Crippen LogP contribution is -1.95. The first-order valence-electron chi connectivity index (χ1n) is 12.8. The third-order valence-electron chi connectivity index (χ3n) is 6.97. The average Bonchev–Trinajstić information content (AvgIpc) is 3.60. The highest BCUT2D eigenvalue weighted by molar-refractivity contribution is 6.02. The Hall–Kier alpha value is -5.43. The van der Waals surface area contributed by atoms with Crippen LogP contribution in [0.25, 0.3) is 55.4 Å². The molecule has 0 unspecified atom stereocenters. The highest BCUT2D eigenvalue weighted by Crippen LogP contribution is 2.36. The van der Waals surface area contributed by atoms with Crippen LogP contribution in [0.2, 0.25) is 0 Å². The van der Waals surface area contributed by atoms with Gasteiger partial charge in [0.25, 0.3) is 0 Å². The second-order valence-electron chi connectivity index (χ2n) is 9.66. The van der Waals surface area contributed by atoms with Crippen LogP contribution >= 0.6 is 0 Å². The van der Waals surface area contributed by atoms with E-state index >= 15 is 0 Å². The molecule has 7 aromatic rings. The minimum absolute atomic E-state index is 0.113. The Bertz CT molecular complexity index is 1980. The third-order valence-corrected chi connectivity index (χ3v) is 6.97. The monoisotopic (exact) mass is 526 g/mol. The highest BCUT2D eigenvalue weighted by atomic mass is 19.1. The molecule has 0 bridgehead atoms. The summed E-state index contributed by atoms with van der Waals surface area (Å²) in [6, 6.07) is 30.0. The largest absolute Gasteiger partial charge is 0.508 e. The van der Waals surface area contributed by atoms with Crippen molar-refractivity contribution in [2.75, 3.05) is 0 Å². The van der Waals surface area contributed by atoms with Gasteiger partial charge in [0.15, 0.2) is 0 Å². The van der Waals surface area contributed by atoms with Gasteiger partial charge < -0.3 is 14.8 Å². The van der Waals surface area contributed by atoms with Crippen molar-refractivity contribution >= 4 is 21.8 Å². The number of pyridine rings is 1. The third kappa shape index (κ3) is 4.43. The van der Waals surface area contributed by atoms with Gasteiger partial charge in [0.05, 0.1) is 17.4 Å². The van der Waals surface area contributed by atoms with E-state index in [4.69, 9.17) is 4.74 Å². The molecule has 0 aliphatic carbocycles. The molecule has 6 nitrogen and oxygen atoms in total. The summed E-state index contributed by atoms with van der Waals surface area (Å²) in [5, 5.41) is 19.5. The van der Waals surface area contributed by atoms with E-state index in [0.717, 1.165) is 61.5 Å². The fraction of sp³-hybridized carbons (Fsp3) is 0.0303. The topological polar surface area (TPSA) is 86.8 Å². The van der Waals surface area contributed by atoms with Crippen molar-refractivity contribution in [2.45, 2.75) is 6.61 Å². The number of aromatic hydroxyl groups is 1. The SMILES string of the molecule is Oc1cc(F)cc(-c2cccc3[nH]c(-c4n[nH]c5ccc(-c6cncc(OCc7ccccc7)c6)cc45)cc23)c1. The molecule has 0 aliphatic rings. The van der Waals surface area contributed by atoms with Gasteiger partial charge in [-0.05, 0) is 64.7 Å². The van der Waals surface area contributed by atoms with Crippen molar-refractivity contribution < 1.29 is 14.2 Å². The number of ether oxygens (including phenoxy) is 1. The van der Waals surface area contributed by atoms with Gasteiger partial charge in [-0.3, -0.25) is 10.1 Å². The van der Waals surface area contributed by atoms with Crippen LogP contribution in [-0.4, -0.2) is 25.3 Å². The number of fused-ring (bicyclic) bond motifs is 2. The van der Waals surface area contributed by atoms with Crippen LogP contribution in [0.15, 0.2) is 109 Å². The van der Waals surface area contributed by atoms with Gasteiger partial charge in [0.2, 0.25) is 0 Å². The summed E-state index contributed by atoms with van der Waals surface area (Å²) in [5.41, 5.74) is 7.80. The van der Waals surface area contributed by atoms with Crippen LogP contribution in [0.3, 0.4) is 0 Å². The fourth-order valence-corrected chi connectivity index (χ4v) is 5.06. The molecular formula is C33H23FN4O2. The van der Waals surface area contributed by atoms with Crippen LogP contribution in [0.5, 0.6) is 11.5 Å². The molecule has 0 saturated heterocycles. The predicted octanol–water partition coefficient (Wildman–Crippen LogP) is 7.86. The first-order valence-corrected chi connectivity index (χ1v) is 12.8. The quantitative estimate of drug-likeness (QED) is 0.206. The number of phenolic OH excluding ortho intramolecular Hbond substituents is 1. The lowest BCUT2D eigenvalue weighted by molar-refractivity contribution is 0.305. The minimum atomic E-state index is -0.488. The molecule has 0 amide bonds. The number of nitrogens with one attached hydrogen (secondary N) is 2. The molecule has 0 fully saturated rings. The fourth-order valence-electron chi connectivity index (χ4n) is 5.06. The van der Waals surface area contributed by atoms with Gasteiger partial charge in [-0.2, -0.15) is 5.10 Å². The number of rotatable bonds is 6. The molecule has 3 heterocycles. The molecule has 0 radical (unpaired) electrons. The van der Waals surface area contributed by atoms with Crippen LogP contribution < -0.4 is 4.74 Å². The van der Waals surface area contributed by atoms with Crippen LogP contribution in [0, 0.1) is 5.82 Å². The van der Waals surface area contributed by atoms with Crippen LogP contribution in [0.4, 0.5) is 4.39 Å². The summed E-state index contributed by atoms with van der Waals surface area (Å²) in [4.78, 5) is 7.86. The number of phenols is 1. The number of aromatic amines is 2. The normalized spacial score (nSPS) is 11.3. The van der Waals surface area contributed by atoms with E-state index in [9.17, 15) is 9.50 Å². The number of aromatic nitrogens is 4. The zero-order valence-corrected chi connectivity index (χ0v) is 21.2. The summed E-state index contributed by atoms with van der Waals surface area (Å²) in [6.45, 7) is 0.467. The average molecular weight is 527 g/mol. The molecule has 7 rings (SSSR count). The first kappa shape index (κ1) is 23.7. The van der Waals surface area contributed by atoms with Crippen molar-refractivity contribution in [1.29, 1.82) is 0 Å². The maximum atomic E-state index is 14.0. The highest BCUT2D eigenvalue weighted by Gasteiger charge is 2.15.